The Bertz CT molecular complexity index is 1790. The molecule has 3 N–H and O–H groups in total. The highest BCUT2D eigenvalue weighted by Crippen LogP contribution is 2.33. The van der Waals surface area contributed by atoms with Gasteiger partial charge in [-0.1, -0.05) is 12.8 Å². The number of nitrogens with zero attached hydrogens (tertiary/aromatic N) is 6. The first-order valence-corrected chi connectivity index (χ1v) is 13.3. The number of hydrogen-bond donors (Lipinski definition) is 3. The normalized spacial score (nSPS) is 14.2. The third kappa shape index (κ3) is 4.46. The van der Waals surface area contributed by atoms with Gasteiger partial charge in [0.25, 0.3) is 0 Å². The minimum Gasteiger partial charge on any atom is -0.334 e. The molecule has 1 aromatic carbocycles. The van der Waals surface area contributed by atoms with Gasteiger partial charge >= 0.3 is 0 Å². The highest BCUT2D eigenvalue weighted by atomic mass is 19.1. The van der Waals surface area contributed by atoms with Gasteiger partial charge in [0.2, 0.25) is 0 Å². The molecule has 0 amide bonds. The van der Waals surface area contributed by atoms with Crippen molar-refractivity contribution in [1.29, 1.82) is 0 Å². The van der Waals surface area contributed by atoms with Crippen LogP contribution in [-0.2, 0) is 6.54 Å². The fourth-order valence-corrected chi connectivity index (χ4v) is 5.58. The Morgan fingerprint density at radius 3 is 2.85 bits per heavy atom. The standard InChI is InChI=1S/C29H28FN9/c1-17-15-39(16-34-17)24-6-7-33-28-27(24)35-29(36-28)26-22-9-20(10-23(30)25(22)37-38-26)21-8-19(13-32-14-21)12-31-11-18-4-2-3-5-18/h6-10,13-16,18,31H,2-5,11-12H2,1H3,(H,37,38)(H,33,35,36). The summed E-state index contributed by atoms with van der Waals surface area (Å²) >= 11 is 0. The molecule has 0 spiro atoms. The number of H-pyrrole nitrogens is 2. The highest BCUT2D eigenvalue weighted by molar-refractivity contribution is 5.96. The van der Waals surface area contributed by atoms with E-state index in [1.807, 2.05) is 36.0 Å². The second-order valence-corrected chi connectivity index (χ2v) is 10.4. The number of aromatic nitrogens is 8. The quantitative estimate of drug-likeness (QED) is 0.257. The minimum atomic E-state index is -0.404. The van der Waals surface area contributed by atoms with Crippen LogP contribution in [0.2, 0.25) is 0 Å². The second-order valence-electron chi connectivity index (χ2n) is 10.4. The lowest BCUT2D eigenvalue weighted by Gasteiger charge is -2.11. The monoisotopic (exact) mass is 521 g/mol. The van der Waals surface area contributed by atoms with Gasteiger partial charge in [-0.2, -0.15) is 5.10 Å². The Morgan fingerprint density at radius 1 is 1.10 bits per heavy atom. The summed E-state index contributed by atoms with van der Waals surface area (Å²) in [6.07, 6.45) is 14.3. The molecule has 0 unspecified atom stereocenters. The third-order valence-electron chi connectivity index (χ3n) is 7.57. The Morgan fingerprint density at radius 2 is 2.00 bits per heavy atom. The van der Waals surface area contributed by atoms with Gasteiger partial charge in [0.1, 0.15) is 16.7 Å². The van der Waals surface area contributed by atoms with Crippen LogP contribution in [0.1, 0.15) is 36.9 Å². The molecular formula is C29H28FN9. The smallest absolute Gasteiger partial charge is 0.180 e. The molecule has 0 atom stereocenters. The van der Waals surface area contributed by atoms with Crippen molar-refractivity contribution in [2.75, 3.05) is 6.54 Å². The van der Waals surface area contributed by atoms with Crippen molar-refractivity contribution in [3.05, 3.63) is 72.5 Å². The average molecular weight is 522 g/mol. The summed E-state index contributed by atoms with van der Waals surface area (Å²) in [6.45, 7) is 3.70. The molecule has 1 aliphatic rings. The Labute approximate surface area is 223 Å². The number of aromatic amines is 2. The third-order valence-corrected chi connectivity index (χ3v) is 7.57. The van der Waals surface area contributed by atoms with Gasteiger partial charge in [0.05, 0.1) is 17.7 Å². The van der Waals surface area contributed by atoms with E-state index in [-0.39, 0.29) is 5.52 Å². The van der Waals surface area contributed by atoms with Gasteiger partial charge in [-0.05, 0) is 67.6 Å². The Kier molecular flexibility index (Phi) is 5.89. The molecule has 39 heavy (non-hydrogen) atoms. The first-order valence-electron chi connectivity index (χ1n) is 13.3. The Balaban J connectivity index is 1.23. The number of imidazole rings is 2. The van der Waals surface area contributed by atoms with Crippen molar-refractivity contribution in [3.8, 4) is 28.3 Å². The zero-order chi connectivity index (χ0) is 26.3. The molecule has 6 aromatic rings. The van der Waals surface area contributed by atoms with E-state index < -0.39 is 5.82 Å². The summed E-state index contributed by atoms with van der Waals surface area (Å²) in [6, 6.07) is 7.42. The minimum absolute atomic E-state index is 0.259. The first-order chi connectivity index (χ1) is 19.1. The number of fused-ring (bicyclic) bond motifs is 2. The van der Waals surface area contributed by atoms with Crippen LogP contribution in [0.4, 0.5) is 4.39 Å². The van der Waals surface area contributed by atoms with E-state index in [4.69, 9.17) is 4.98 Å². The first kappa shape index (κ1) is 23.7. The number of rotatable bonds is 7. The van der Waals surface area contributed by atoms with Crippen molar-refractivity contribution in [2.45, 2.75) is 39.2 Å². The number of nitrogens with one attached hydrogen (secondary N) is 3. The SMILES string of the molecule is Cc1cn(-c2ccnc3nc(-c4[nH]nc5c(F)cc(-c6cncc(CNCC7CCCC7)c6)cc45)[nH]c23)cn1. The van der Waals surface area contributed by atoms with Crippen LogP contribution in [0.15, 0.2) is 55.4 Å². The van der Waals surface area contributed by atoms with Crippen molar-refractivity contribution in [3.63, 3.8) is 0 Å². The van der Waals surface area contributed by atoms with Crippen LogP contribution in [0, 0.1) is 18.7 Å². The van der Waals surface area contributed by atoms with E-state index in [1.54, 1.807) is 18.7 Å². The van der Waals surface area contributed by atoms with Crippen LogP contribution in [0.3, 0.4) is 0 Å². The molecule has 196 valence electrons. The van der Waals surface area contributed by atoms with E-state index in [0.29, 0.717) is 22.6 Å². The van der Waals surface area contributed by atoms with Gasteiger partial charge in [0, 0.05) is 42.3 Å². The van der Waals surface area contributed by atoms with Crippen LogP contribution in [0.5, 0.6) is 0 Å². The fraction of sp³-hybridized carbons (Fsp3) is 0.276. The van der Waals surface area contributed by atoms with Gasteiger partial charge < -0.3 is 14.9 Å². The molecule has 7 rings (SSSR count). The summed E-state index contributed by atoms with van der Waals surface area (Å²) in [7, 11) is 0. The lowest BCUT2D eigenvalue weighted by molar-refractivity contribution is 0.489. The Hall–Kier alpha value is -4.44. The van der Waals surface area contributed by atoms with Crippen molar-refractivity contribution in [2.24, 2.45) is 5.92 Å². The molecule has 0 bridgehead atoms. The number of benzene rings is 1. The van der Waals surface area contributed by atoms with Crippen molar-refractivity contribution in [1.82, 2.24) is 45.0 Å². The van der Waals surface area contributed by atoms with E-state index in [1.165, 1.54) is 31.7 Å². The van der Waals surface area contributed by atoms with Gasteiger partial charge in [-0.3, -0.25) is 10.1 Å². The second kappa shape index (κ2) is 9.70. The fourth-order valence-electron chi connectivity index (χ4n) is 5.58. The number of halogens is 1. The van der Waals surface area contributed by atoms with E-state index in [2.05, 4.69) is 41.5 Å². The van der Waals surface area contributed by atoms with Crippen LogP contribution >= 0.6 is 0 Å². The summed E-state index contributed by atoms with van der Waals surface area (Å²) < 4.78 is 17.2. The molecule has 5 aromatic heterocycles. The number of pyridine rings is 2. The molecular weight excluding hydrogens is 493 g/mol. The average Bonchev–Trinajstić information content (AvgIpc) is 3.75. The summed E-state index contributed by atoms with van der Waals surface area (Å²) in [4.78, 5) is 21.3. The summed E-state index contributed by atoms with van der Waals surface area (Å²) in [5.41, 5.74) is 6.60. The van der Waals surface area contributed by atoms with Crippen molar-refractivity contribution >= 4 is 22.1 Å². The summed E-state index contributed by atoms with van der Waals surface area (Å²) in [5, 5.41) is 11.4. The van der Waals surface area contributed by atoms with E-state index in [9.17, 15) is 0 Å². The van der Waals surface area contributed by atoms with Crippen LogP contribution in [0.25, 0.3) is 50.4 Å². The van der Waals surface area contributed by atoms with E-state index >= 15 is 4.39 Å². The predicted molar refractivity (Wildman–Crippen MR) is 148 cm³/mol. The molecule has 5 heterocycles. The van der Waals surface area contributed by atoms with Gasteiger partial charge in [-0.25, -0.2) is 19.3 Å². The maximum Gasteiger partial charge on any atom is 0.180 e. The zero-order valence-electron chi connectivity index (χ0n) is 21.6. The summed E-state index contributed by atoms with van der Waals surface area (Å²) in [5.74, 6) is 0.896. The van der Waals surface area contributed by atoms with Gasteiger partial charge in [-0.15, -0.1) is 0 Å². The molecule has 1 aliphatic carbocycles. The lowest BCUT2D eigenvalue weighted by atomic mass is 10.0. The number of aryl methyl sites for hydroxylation is 1. The van der Waals surface area contributed by atoms with Gasteiger partial charge in [0.15, 0.2) is 17.3 Å². The van der Waals surface area contributed by atoms with Crippen molar-refractivity contribution < 1.29 is 4.39 Å². The molecule has 1 saturated carbocycles. The van der Waals surface area contributed by atoms with Crippen LogP contribution in [-0.4, -0.2) is 46.2 Å². The lowest BCUT2D eigenvalue weighted by Crippen LogP contribution is -2.20. The zero-order valence-corrected chi connectivity index (χ0v) is 21.6. The van der Waals surface area contributed by atoms with E-state index in [0.717, 1.165) is 52.6 Å². The molecule has 10 heteroatoms. The maximum atomic E-state index is 15.3. The maximum absolute atomic E-state index is 15.3. The topological polar surface area (TPSA) is 113 Å². The number of hydrogen-bond acceptors (Lipinski definition) is 6. The molecule has 1 fully saturated rings. The molecule has 0 radical (unpaired) electrons. The highest BCUT2D eigenvalue weighted by Gasteiger charge is 2.19. The molecule has 0 aliphatic heterocycles. The molecule has 0 saturated heterocycles. The van der Waals surface area contributed by atoms with Crippen LogP contribution < -0.4 is 5.32 Å². The largest absolute Gasteiger partial charge is 0.334 e. The molecule has 9 nitrogen and oxygen atoms in total. The predicted octanol–water partition coefficient (Wildman–Crippen LogP) is 5.48.